The van der Waals surface area contributed by atoms with Crippen molar-refractivity contribution in [3.63, 3.8) is 0 Å². The maximum atomic E-state index is 9.87. The first-order valence-electron chi connectivity index (χ1n) is 7.37. The van der Waals surface area contributed by atoms with Crippen LogP contribution in [0, 0.1) is 0 Å². The standard InChI is InChI=1S/C20H14O/c21-16-7-9-17-15(11-16)10-14-5-4-12-2-1-3-13-6-8-18(17)20(14)19(12)13/h1-10,16,21H,11H2. The predicted molar refractivity (Wildman–Crippen MR) is 88.9 cm³/mol. The van der Waals surface area contributed by atoms with Gasteiger partial charge in [-0.2, -0.15) is 0 Å². The normalized spacial score (nSPS) is 17.9. The molecular formula is C20H14O. The van der Waals surface area contributed by atoms with Crippen LogP contribution in [0.3, 0.4) is 0 Å². The van der Waals surface area contributed by atoms with Crippen molar-refractivity contribution in [2.45, 2.75) is 12.5 Å². The van der Waals surface area contributed by atoms with Gasteiger partial charge in [-0.1, -0.05) is 60.7 Å². The number of fused-ring (bicyclic) bond motifs is 2. The number of aliphatic hydroxyl groups is 1. The molecule has 4 aromatic rings. The molecule has 0 heterocycles. The van der Waals surface area contributed by atoms with Crippen LogP contribution in [0.5, 0.6) is 0 Å². The number of hydrogen-bond acceptors (Lipinski definition) is 1. The second-order valence-electron chi connectivity index (χ2n) is 5.94. The summed E-state index contributed by atoms with van der Waals surface area (Å²) >= 11 is 0. The Labute approximate surface area is 122 Å². The van der Waals surface area contributed by atoms with Crippen LogP contribution in [-0.2, 0) is 6.42 Å². The summed E-state index contributed by atoms with van der Waals surface area (Å²) in [4.78, 5) is 0. The minimum atomic E-state index is -0.356. The molecule has 0 amide bonds. The van der Waals surface area contributed by atoms with Gasteiger partial charge in [0.05, 0.1) is 6.10 Å². The van der Waals surface area contributed by atoms with Crippen LogP contribution in [0.15, 0.2) is 54.6 Å². The van der Waals surface area contributed by atoms with Gasteiger partial charge in [-0.05, 0) is 43.4 Å². The molecule has 0 aliphatic heterocycles. The van der Waals surface area contributed by atoms with Crippen molar-refractivity contribution in [1.29, 1.82) is 0 Å². The Bertz CT molecular complexity index is 1010. The maximum Gasteiger partial charge on any atom is 0.0764 e. The van der Waals surface area contributed by atoms with Crippen molar-refractivity contribution in [3.8, 4) is 0 Å². The van der Waals surface area contributed by atoms with Gasteiger partial charge in [0.15, 0.2) is 0 Å². The molecule has 1 nitrogen and oxygen atoms in total. The van der Waals surface area contributed by atoms with Crippen LogP contribution < -0.4 is 0 Å². The van der Waals surface area contributed by atoms with Gasteiger partial charge in [0, 0.05) is 6.42 Å². The fourth-order valence-corrected chi connectivity index (χ4v) is 3.76. The van der Waals surface area contributed by atoms with E-state index in [1.165, 1.54) is 43.4 Å². The van der Waals surface area contributed by atoms with Gasteiger partial charge in [-0.25, -0.2) is 0 Å². The predicted octanol–water partition coefficient (Wildman–Crippen LogP) is 4.51. The van der Waals surface area contributed by atoms with Crippen molar-refractivity contribution < 1.29 is 5.11 Å². The van der Waals surface area contributed by atoms with E-state index in [9.17, 15) is 5.11 Å². The van der Waals surface area contributed by atoms with Crippen molar-refractivity contribution in [1.82, 2.24) is 0 Å². The number of benzene rings is 4. The first kappa shape index (κ1) is 11.3. The summed E-state index contributed by atoms with van der Waals surface area (Å²) in [6, 6.07) is 17.6. The smallest absolute Gasteiger partial charge is 0.0764 e. The van der Waals surface area contributed by atoms with E-state index in [-0.39, 0.29) is 6.10 Å². The lowest BCUT2D eigenvalue weighted by atomic mass is 9.86. The second-order valence-corrected chi connectivity index (χ2v) is 5.94. The quantitative estimate of drug-likeness (QED) is 0.466. The molecule has 0 bridgehead atoms. The van der Waals surface area contributed by atoms with Crippen molar-refractivity contribution in [2.24, 2.45) is 0 Å². The average Bonchev–Trinajstić information content (AvgIpc) is 2.51. The second kappa shape index (κ2) is 3.84. The molecule has 0 saturated heterocycles. The molecule has 4 aromatic carbocycles. The van der Waals surface area contributed by atoms with Gasteiger partial charge in [0.1, 0.15) is 0 Å². The van der Waals surface area contributed by atoms with Crippen LogP contribution in [0.25, 0.3) is 38.4 Å². The van der Waals surface area contributed by atoms with Gasteiger partial charge in [-0.15, -0.1) is 0 Å². The monoisotopic (exact) mass is 270 g/mol. The fraction of sp³-hybridized carbons (Fsp3) is 0.100. The van der Waals surface area contributed by atoms with E-state index in [1.807, 2.05) is 6.08 Å². The first-order chi connectivity index (χ1) is 10.3. The van der Waals surface area contributed by atoms with Gasteiger partial charge in [0.25, 0.3) is 0 Å². The molecule has 0 fully saturated rings. The Balaban J connectivity index is 2.06. The number of aliphatic hydroxyl groups excluding tert-OH is 1. The maximum absolute atomic E-state index is 9.87. The molecule has 0 spiro atoms. The van der Waals surface area contributed by atoms with Crippen LogP contribution >= 0.6 is 0 Å². The zero-order valence-electron chi connectivity index (χ0n) is 11.5. The number of rotatable bonds is 0. The summed E-state index contributed by atoms with van der Waals surface area (Å²) in [7, 11) is 0. The first-order valence-corrected chi connectivity index (χ1v) is 7.37. The largest absolute Gasteiger partial charge is 0.389 e. The SMILES string of the molecule is OC1C=Cc2c(cc3ccc4cccc5ccc2c3c45)C1. The van der Waals surface area contributed by atoms with E-state index >= 15 is 0 Å². The number of hydrogen-bond donors (Lipinski definition) is 1. The van der Waals surface area contributed by atoms with Crippen molar-refractivity contribution >= 4 is 38.4 Å². The molecule has 1 atom stereocenters. The molecule has 100 valence electrons. The van der Waals surface area contributed by atoms with Gasteiger partial charge >= 0.3 is 0 Å². The van der Waals surface area contributed by atoms with E-state index < -0.39 is 0 Å². The van der Waals surface area contributed by atoms with Gasteiger partial charge in [-0.3, -0.25) is 0 Å². The molecule has 0 radical (unpaired) electrons. The Kier molecular flexibility index (Phi) is 2.06. The third kappa shape index (κ3) is 1.44. The summed E-state index contributed by atoms with van der Waals surface area (Å²) < 4.78 is 0. The van der Waals surface area contributed by atoms with Gasteiger partial charge in [0.2, 0.25) is 0 Å². The Hall–Kier alpha value is -2.38. The van der Waals surface area contributed by atoms with Crippen LogP contribution in [-0.4, -0.2) is 11.2 Å². The molecule has 1 heteroatoms. The fourth-order valence-electron chi connectivity index (χ4n) is 3.76. The Morgan fingerprint density at radius 3 is 2.48 bits per heavy atom. The Morgan fingerprint density at radius 1 is 0.857 bits per heavy atom. The molecule has 1 aliphatic carbocycles. The highest BCUT2D eigenvalue weighted by atomic mass is 16.3. The molecule has 0 aromatic heterocycles. The van der Waals surface area contributed by atoms with E-state index in [2.05, 4.69) is 54.6 Å². The summed E-state index contributed by atoms with van der Waals surface area (Å²) in [5.74, 6) is 0. The minimum Gasteiger partial charge on any atom is -0.389 e. The lowest BCUT2D eigenvalue weighted by molar-refractivity contribution is 0.223. The lowest BCUT2D eigenvalue weighted by Crippen LogP contribution is -2.11. The van der Waals surface area contributed by atoms with E-state index in [0.717, 1.165) is 0 Å². The van der Waals surface area contributed by atoms with Crippen LogP contribution in [0.1, 0.15) is 11.1 Å². The molecule has 0 saturated carbocycles. The lowest BCUT2D eigenvalue weighted by Gasteiger charge is -2.20. The molecule has 1 aliphatic rings. The minimum absolute atomic E-state index is 0.356. The van der Waals surface area contributed by atoms with E-state index in [4.69, 9.17) is 0 Å². The highest BCUT2D eigenvalue weighted by Gasteiger charge is 2.17. The van der Waals surface area contributed by atoms with Gasteiger partial charge < -0.3 is 5.11 Å². The van der Waals surface area contributed by atoms with Crippen molar-refractivity contribution in [2.75, 3.05) is 0 Å². The summed E-state index contributed by atoms with van der Waals surface area (Å²) in [5.41, 5.74) is 2.52. The van der Waals surface area contributed by atoms with Crippen molar-refractivity contribution in [3.05, 3.63) is 65.7 Å². The zero-order chi connectivity index (χ0) is 14.0. The zero-order valence-corrected chi connectivity index (χ0v) is 11.5. The molecule has 21 heavy (non-hydrogen) atoms. The Morgan fingerprint density at radius 2 is 1.62 bits per heavy atom. The summed E-state index contributed by atoms with van der Waals surface area (Å²) in [6.07, 6.45) is 4.34. The third-order valence-electron chi connectivity index (χ3n) is 4.69. The van der Waals surface area contributed by atoms with Crippen LogP contribution in [0.4, 0.5) is 0 Å². The molecule has 5 rings (SSSR count). The third-order valence-corrected chi connectivity index (χ3v) is 4.69. The summed E-state index contributed by atoms with van der Waals surface area (Å²) in [5, 5.41) is 17.7. The molecule has 1 unspecified atom stereocenters. The average molecular weight is 270 g/mol. The van der Waals surface area contributed by atoms with E-state index in [0.29, 0.717) is 6.42 Å². The highest BCUT2D eigenvalue weighted by molar-refractivity contribution is 6.24. The molecular weight excluding hydrogens is 256 g/mol. The van der Waals surface area contributed by atoms with Crippen LogP contribution in [0.2, 0.25) is 0 Å². The highest BCUT2D eigenvalue weighted by Crippen LogP contribution is 2.38. The molecule has 1 N–H and O–H groups in total. The topological polar surface area (TPSA) is 20.2 Å². The van der Waals surface area contributed by atoms with E-state index in [1.54, 1.807) is 0 Å². The summed E-state index contributed by atoms with van der Waals surface area (Å²) in [6.45, 7) is 0.